The first-order valence-electron chi connectivity index (χ1n) is 7.56. The number of piperidine rings is 1. The van der Waals surface area contributed by atoms with Gasteiger partial charge in [-0.05, 0) is 46.1 Å². The predicted octanol–water partition coefficient (Wildman–Crippen LogP) is 0.0563. The minimum atomic E-state index is -0.470. The van der Waals surface area contributed by atoms with Crippen LogP contribution in [0.2, 0.25) is 0 Å². The van der Waals surface area contributed by atoms with Gasteiger partial charge in [0.15, 0.2) is 0 Å². The van der Waals surface area contributed by atoms with Gasteiger partial charge in [0.1, 0.15) is 0 Å². The highest BCUT2D eigenvalue weighted by atomic mass is 16.1. The summed E-state index contributed by atoms with van der Waals surface area (Å²) in [6.07, 6.45) is 3.96. The summed E-state index contributed by atoms with van der Waals surface area (Å²) in [4.78, 5) is 14.3. The molecule has 1 unspecified atom stereocenters. The first-order valence-corrected chi connectivity index (χ1v) is 7.56. The lowest BCUT2D eigenvalue weighted by molar-refractivity contribution is -0.126. The summed E-state index contributed by atoms with van der Waals surface area (Å²) in [5.74, 6) is -0.178. The predicted molar refractivity (Wildman–Crippen MR) is 76.9 cm³/mol. The van der Waals surface area contributed by atoms with Crippen LogP contribution in [0.3, 0.4) is 0 Å². The highest BCUT2D eigenvalue weighted by Crippen LogP contribution is 2.24. The highest BCUT2D eigenvalue weighted by molar-refractivity contribution is 5.84. The summed E-state index contributed by atoms with van der Waals surface area (Å²) in [6, 6.07) is 1.05. The summed E-state index contributed by atoms with van der Waals surface area (Å²) in [6.45, 7) is 8.40. The van der Waals surface area contributed by atoms with Gasteiger partial charge in [-0.1, -0.05) is 0 Å². The molecule has 5 heteroatoms. The zero-order valence-electron chi connectivity index (χ0n) is 12.2. The molecule has 2 rings (SSSR count). The van der Waals surface area contributed by atoms with Gasteiger partial charge in [0, 0.05) is 31.7 Å². The number of hydrogen-bond donors (Lipinski definition) is 3. The van der Waals surface area contributed by atoms with E-state index < -0.39 is 5.54 Å². The monoisotopic (exact) mass is 268 g/mol. The van der Waals surface area contributed by atoms with Crippen LogP contribution in [0, 0.1) is 0 Å². The number of rotatable bonds is 4. The molecule has 2 saturated heterocycles. The van der Waals surface area contributed by atoms with Crippen molar-refractivity contribution in [3.63, 3.8) is 0 Å². The van der Waals surface area contributed by atoms with Gasteiger partial charge < -0.3 is 16.4 Å². The van der Waals surface area contributed by atoms with Gasteiger partial charge in [0.05, 0.1) is 5.54 Å². The van der Waals surface area contributed by atoms with Crippen molar-refractivity contribution in [3.05, 3.63) is 0 Å². The van der Waals surface area contributed by atoms with Gasteiger partial charge in [-0.25, -0.2) is 0 Å². The molecule has 19 heavy (non-hydrogen) atoms. The van der Waals surface area contributed by atoms with Crippen molar-refractivity contribution in [2.75, 3.05) is 26.2 Å². The van der Waals surface area contributed by atoms with Crippen LogP contribution in [0.15, 0.2) is 0 Å². The van der Waals surface area contributed by atoms with Crippen molar-refractivity contribution >= 4 is 5.91 Å². The molecule has 0 aromatic rings. The minimum absolute atomic E-state index is 0.178. The summed E-state index contributed by atoms with van der Waals surface area (Å²) in [5, 5.41) is 6.82. The molecule has 0 radical (unpaired) electrons. The molecule has 0 aromatic heterocycles. The Morgan fingerprint density at radius 1 is 1.32 bits per heavy atom. The third-order valence-corrected chi connectivity index (χ3v) is 4.77. The van der Waals surface area contributed by atoms with Gasteiger partial charge in [-0.15, -0.1) is 0 Å². The fraction of sp³-hybridized carbons (Fsp3) is 0.929. The molecular formula is C14H28N4O. The van der Waals surface area contributed by atoms with Crippen molar-refractivity contribution < 1.29 is 4.79 Å². The van der Waals surface area contributed by atoms with E-state index in [2.05, 4.69) is 29.4 Å². The van der Waals surface area contributed by atoms with Gasteiger partial charge >= 0.3 is 0 Å². The molecule has 2 aliphatic heterocycles. The van der Waals surface area contributed by atoms with E-state index in [0.29, 0.717) is 12.1 Å². The first-order chi connectivity index (χ1) is 9.05. The average molecular weight is 268 g/mol. The van der Waals surface area contributed by atoms with Gasteiger partial charge in [0.25, 0.3) is 0 Å². The second-order valence-electron chi connectivity index (χ2n) is 6.17. The van der Waals surface area contributed by atoms with Crippen LogP contribution in [-0.4, -0.2) is 54.6 Å². The largest absolute Gasteiger partial charge is 0.368 e. The number of nitrogens with one attached hydrogen (secondary N) is 2. The fourth-order valence-corrected chi connectivity index (χ4v) is 3.45. The molecule has 0 aliphatic carbocycles. The van der Waals surface area contributed by atoms with Crippen LogP contribution in [0.4, 0.5) is 0 Å². The Bertz CT molecular complexity index is 305. The van der Waals surface area contributed by atoms with Crippen molar-refractivity contribution in [1.29, 1.82) is 0 Å². The smallest absolute Gasteiger partial charge is 0.237 e. The summed E-state index contributed by atoms with van der Waals surface area (Å²) < 4.78 is 0. The van der Waals surface area contributed by atoms with Crippen LogP contribution in [-0.2, 0) is 4.79 Å². The van der Waals surface area contributed by atoms with Crippen molar-refractivity contribution in [1.82, 2.24) is 15.5 Å². The molecule has 1 amide bonds. The molecule has 2 fully saturated rings. The van der Waals surface area contributed by atoms with Gasteiger partial charge in [0.2, 0.25) is 5.91 Å². The second kappa shape index (κ2) is 6.20. The van der Waals surface area contributed by atoms with Gasteiger partial charge in [-0.3, -0.25) is 9.69 Å². The number of amides is 1. The number of primary amides is 1. The van der Waals surface area contributed by atoms with Crippen LogP contribution in [0.25, 0.3) is 0 Å². The van der Waals surface area contributed by atoms with E-state index in [-0.39, 0.29) is 5.91 Å². The Balaban J connectivity index is 1.96. The lowest BCUT2D eigenvalue weighted by atomic mass is 9.84. The fourth-order valence-electron chi connectivity index (χ4n) is 3.45. The highest BCUT2D eigenvalue weighted by Gasteiger charge is 2.38. The lowest BCUT2D eigenvalue weighted by Gasteiger charge is -2.42. The summed E-state index contributed by atoms with van der Waals surface area (Å²) in [7, 11) is 0. The molecule has 2 heterocycles. The van der Waals surface area contributed by atoms with Crippen LogP contribution in [0.1, 0.15) is 39.5 Å². The molecule has 5 nitrogen and oxygen atoms in total. The molecule has 4 N–H and O–H groups in total. The number of carbonyl (C=O) groups excluding carboxylic acids is 1. The Morgan fingerprint density at radius 2 is 2.00 bits per heavy atom. The maximum absolute atomic E-state index is 11.8. The van der Waals surface area contributed by atoms with E-state index in [1.807, 2.05) is 0 Å². The molecule has 0 bridgehead atoms. The Hall–Kier alpha value is -0.650. The zero-order chi connectivity index (χ0) is 13.9. The van der Waals surface area contributed by atoms with E-state index in [0.717, 1.165) is 51.9 Å². The van der Waals surface area contributed by atoms with Crippen molar-refractivity contribution in [2.45, 2.75) is 57.2 Å². The molecule has 110 valence electrons. The summed E-state index contributed by atoms with van der Waals surface area (Å²) in [5.41, 5.74) is 5.19. The zero-order valence-corrected chi connectivity index (χ0v) is 12.2. The van der Waals surface area contributed by atoms with Crippen LogP contribution < -0.4 is 16.4 Å². The number of carbonyl (C=O) groups is 1. The van der Waals surface area contributed by atoms with E-state index in [9.17, 15) is 4.79 Å². The topological polar surface area (TPSA) is 70.4 Å². The van der Waals surface area contributed by atoms with Crippen molar-refractivity contribution in [2.24, 2.45) is 5.73 Å². The minimum Gasteiger partial charge on any atom is -0.368 e. The number of nitrogens with zero attached hydrogens (tertiary/aromatic N) is 1. The average Bonchev–Trinajstić information content (AvgIpc) is 2.39. The second-order valence-corrected chi connectivity index (χ2v) is 6.17. The van der Waals surface area contributed by atoms with E-state index >= 15 is 0 Å². The standard InChI is InChI=1S/C14H28N4O/c1-11-9-16-10-12(2)18(11)8-6-14(13(15)19)5-3-4-7-17-14/h11-12,16-17H,3-10H2,1-2H3,(H2,15,19)/t11-,12+,14?. The molecule has 3 atom stereocenters. The first kappa shape index (κ1) is 14.8. The maximum Gasteiger partial charge on any atom is 0.237 e. The van der Waals surface area contributed by atoms with E-state index in [1.165, 1.54) is 0 Å². The molecule has 0 spiro atoms. The third-order valence-electron chi connectivity index (χ3n) is 4.77. The molecule has 0 aromatic carbocycles. The van der Waals surface area contributed by atoms with E-state index in [1.54, 1.807) is 0 Å². The molecule has 0 saturated carbocycles. The normalized spacial score (nSPS) is 37.2. The quantitative estimate of drug-likeness (QED) is 0.674. The lowest BCUT2D eigenvalue weighted by Crippen LogP contribution is -2.61. The number of nitrogens with two attached hydrogens (primary N) is 1. The summed E-state index contributed by atoms with van der Waals surface area (Å²) >= 11 is 0. The maximum atomic E-state index is 11.8. The van der Waals surface area contributed by atoms with Crippen LogP contribution in [0.5, 0.6) is 0 Å². The Kier molecular flexibility index (Phi) is 4.81. The SMILES string of the molecule is C[C@@H]1CNC[C@H](C)N1CCC1(C(N)=O)CCCCN1. The number of hydrogen-bond acceptors (Lipinski definition) is 4. The van der Waals surface area contributed by atoms with Crippen LogP contribution >= 0.6 is 0 Å². The Labute approximate surface area is 116 Å². The molecular weight excluding hydrogens is 240 g/mol. The number of piperazine rings is 1. The van der Waals surface area contributed by atoms with Gasteiger partial charge in [-0.2, -0.15) is 0 Å². The molecule has 2 aliphatic rings. The van der Waals surface area contributed by atoms with Crippen molar-refractivity contribution in [3.8, 4) is 0 Å². The Morgan fingerprint density at radius 3 is 2.53 bits per heavy atom. The third kappa shape index (κ3) is 3.27. The van der Waals surface area contributed by atoms with E-state index in [4.69, 9.17) is 5.73 Å².